The Morgan fingerprint density at radius 2 is 1.77 bits per heavy atom. The van der Waals surface area contributed by atoms with Crippen LogP contribution in [0, 0.1) is 0 Å². The lowest BCUT2D eigenvalue weighted by Crippen LogP contribution is -3.08. The number of carbonyl (C=O) groups excluding carboxylic acids is 1. The van der Waals surface area contributed by atoms with E-state index in [-0.39, 0.29) is 5.91 Å². The lowest BCUT2D eigenvalue weighted by atomic mass is 10.1. The molecule has 0 fully saturated rings. The third-order valence-corrected chi connectivity index (χ3v) is 3.86. The molecule has 0 aliphatic heterocycles. The molecule has 2 aromatic carbocycles. The first kappa shape index (κ1) is 16.5. The van der Waals surface area contributed by atoms with E-state index in [1.165, 1.54) is 5.56 Å². The molecule has 1 unspecified atom stereocenters. The third-order valence-electron chi connectivity index (χ3n) is 3.49. The second kappa shape index (κ2) is 8.57. The van der Waals surface area contributed by atoms with E-state index < -0.39 is 0 Å². The van der Waals surface area contributed by atoms with Gasteiger partial charge in [0.05, 0.1) is 7.05 Å². The molecule has 0 saturated heterocycles. The van der Waals surface area contributed by atoms with Crippen molar-refractivity contribution >= 4 is 17.5 Å². The predicted octanol–water partition coefficient (Wildman–Crippen LogP) is 1.71. The molecule has 0 radical (unpaired) electrons. The summed E-state index contributed by atoms with van der Waals surface area (Å²) in [4.78, 5) is 13.1. The zero-order chi connectivity index (χ0) is 15.8. The number of likely N-dealkylation sites (N-methyl/N-ethyl adjacent to an activating group) is 1. The quantitative estimate of drug-likeness (QED) is 0.801. The molecular weight excluding hydrogens is 296 g/mol. The summed E-state index contributed by atoms with van der Waals surface area (Å²) in [5, 5.41) is 3.73. The number of halogens is 1. The van der Waals surface area contributed by atoms with Gasteiger partial charge in [0.2, 0.25) is 0 Å². The molecule has 0 spiro atoms. The van der Waals surface area contributed by atoms with Gasteiger partial charge in [0, 0.05) is 17.1 Å². The molecule has 0 aliphatic rings. The second-order valence-corrected chi connectivity index (χ2v) is 5.89. The fourth-order valence-electron chi connectivity index (χ4n) is 2.36. The number of amides is 1. The highest BCUT2D eigenvalue weighted by Gasteiger charge is 2.11. The molecule has 116 valence electrons. The van der Waals surface area contributed by atoms with Crippen LogP contribution >= 0.6 is 11.6 Å². The monoisotopic (exact) mass is 317 g/mol. The topological polar surface area (TPSA) is 33.5 Å². The van der Waals surface area contributed by atoms with Crippen molar-refractivity contribution < 1.29 is 9.69 Å². The molecule has 0 saturated carbocycles. The van der Waals surface area contributed by atoms with Crippen LogP contribution in [-0.4, -0.2) is 26.0 Å². The van der Waals surface area contributed by atoms with Crippen LogP contribution < -0.4 is 10.2 Å². The van der Waals surface area contributed by atoms with Gasteiger partial charge in [0.15, 0.2) is 6.54 Å². The van der Waals surface area contributed by atoms with Crippen molar-refractivity contribution in [1.82, 2.24) is 5.32 Å². The zero-order valence-corrected chi connectivity index (χ0v) is 13.6. The Labute approximate surface area is 136 Å². The van der Waals surface area contributed by atoms with E-state index in [2.05, 4.69) is 17.4 Å². The van der Waals surface area contributed by atoms with Crippen LogP contribution in [0.3, 0.4) is 0 Å². The van der Waals surface area contributed by atoms with Crippen LogP contribution in [0.5, 0.6) is 0 Å². The maximum atomic E-state index is 12.0. The summed E-state index contributed by atoms with van der Waals surface area (Å²) in [5.74, 6) is 0.0699. The van der Waals surface area contributed by atoms with Crippen molar-refractivity contribution in [3.8, 4) is 0 Å². The van der Waals surface area contributed by atoms with E-state index in [9.17, 15) is 4.79 Å². The fraction of sp³-hybridized carbons (Fsp3) is 0.278. The largest absolute Gasteiger partial charge is 0.351 e. The van der Waals surface area contributed by atoms with E-state index in [1.54, 1.807) is 0 Å². The minimum absolute atomic E-state index is 0.0699. The Kier molecular flexibility index (Phi) is 6.44. The summed E-state index contributed by atoms with van der Waals surface area (Å²) in [6, 6.07) is 17.9. The minimum atomic E-state index is 0.0699. The summed E-state index contributed by atoms with van der Waals surface area (Å²) in [6.45, 7) is 1.86. The molecule has 4 heteroatoms. The number of hydrogen-bond donors (Lipinski definition) is 2. The van der Waals surface area contributed by atoms with Crippen molar-refractivity contribution in [3.05, 3.63) is 70.7 Å². The summed E-state index contributed by atoms with van der Waals surface area (Å²) < 4.78 is 0. The van der Waals surface area contributed by atoms with Crippen molar-refractivity contribution in [2.75, 3.05) is 20.1 Å². The van der Waals surface area contributed by atoms with Crippen LogP contribution in [-0.2, 0) is 17.8 Å². The molecule has 22 heavy (non-hydrogen) atoms. The number of carbonyl (C=O) groups is 1. The number of nitrogens with one attached hydrogen (secondary N) is 2. The van der Waals surface area contributed by atoms with Gasteiger partial charge in [-0.15, -0.1) is 0 Å². The summed E-state index contributed by atoms with van der Waals surface area (Å²) in [7, 11) is 2.00. The van der Waals surface area contributed by atoms with Gasteiger partial charge in [-0.05, 0) is 18.1 Å². The number of hydrogen-bond acceptors (Lipinski definition) is 1. The SMILES string of the molecule is C[NH+](CC(=O)NCCc1ccccc1)Cc1ccccc1Cl. The van der Waals surface area contributed by atoms with E-state index in [0.717, 1.165) is 28.5 Å². The predicted molar refractivity (Wildman–Crippen MR) is 90.1 cm³/mol. The van der Waals surface area contributed by atoms with E-state index in [1.807, 2.05) is 49.5 Å². The maximum Gasteiger partial charge on any atom is 0.275 e. The first-order valence-electron chi connectivity index (χ1n) is 7.50. The van der Waals surface area contributed by atoms with Crippen molar-refractivity contribution in [3.63, 3.8) is 0 Å². The molecule has 0 aliphatic carbocycles. The van der Waals surface area contributed by atoms with Gasteiger partial charge in [-0.2, -0.15) is 0 Å². The molecular formula is C18H22ClN2O+. The zero-order valence-electron chi connectivity index (χ0n) is 12.8. The first-order valence-corrected chi connectivity index (χ1v) is 7.88. The van der Waals surface area contributed by atoms with Gasteiger partial charge in [-0.25, -0.2) is 0 Å². The standard InChI is InChI=1S/C18H21ClN2O/c1-21(13-16-9-5-6-10-17(16)19)14-18(22)20-12-11-15-7-3-2-4-8-15/h2-10H,11-14H2,1H3,(H,20,22)/p+1. The van der Waals surface area contributed by atoms with Gasteiger partial charge in [0.25, 0.3) is 5.91 Å². The average Bonchev–Trinajstić information content (AvgIpc) is 2.50. The molecule has 1 amide bonds. The van der Waals surface area contributed by atoms with Crippen LogP contribution in [0.4, 0.5) is 0 Å². The lowest BCUT2D eigenvalue weighted by Gasteiger charge is -2.14. The molecule has 2 aromatic rings. The number of benzene rings is 2. The molecule has 1 atom stereocenters. The fourth-order valence-corrected chi connectivity index (χ4v) is 2.56. The van der Waals surface area contributed by atoms with Crippen molar-refractivity contribution in [2.24, 2.45) is 0 Å². The number of quaternary nitrogens is 1. The van der Waals surface area contributed by atoms with Crippen molar-refractivity contribution in [2.45, 2.75) is 13.0 Å². The lowest BCUT2D eigenvalue weighted by molar-refractivity contribution is -0.885. The van der Waals surface area contributed by atoms with E-state index in [4.69, 9.17) is 11.6 Å². The summed E-state index contributed by atoms with van der Waals surface area (Å²) in [5.41, 5.74) is 2.30. The Bertz CT molecular complexity index is 601. The molecule has 2 rings (SSSR count). The Balaban J connectivity index is 1.71. The van der Waals surface area contributed by atoms with E-state index >= 15 is 0 Å². The van der Waals surface area contributed by atoms with Crippen LogP contribution in [0.15, 0.2) is 54.6 Å². The third kappa shape index (κ3) is 5.51. The molecule has 0 aromatic heterocycles. The maximum absolute atomic E-state index is 12.0. The van der Waals surface area contributed by atoms with Gasteiger partial charge in [-0.1, -0.05) is 60.1 Å². The van der Waals surface area contributed by atoms with Gasteiger partial charge in [0.1, 0.15) is 6.54 Å². The molecule has 2 N–H and O–H groups in total. The molecule has 0 heterocycles. The number of rotatable bonds is 7. The highest BCUT2D eigenvalue weighted by atomic mass is 35.5. The highest BCUT2D eigenvalue weighted by molar-refractivity contribution is 6.31. The molecule has 0 bridgehead atoms. The van der Waals surface area contributed by atoms with E-state index in [0.29, 0.717) is 13.1 Å². The summed E-state index contributed by atoms with van der Waals surface area (Å²) >= 11 is 6.14. The molecule has 3 nitrogen and oxygen atoms in total. The van der Waals surface area contributed by atoms with Crippen molar-refractivity contribution in [1.29, 1.82) is 0 Å². The average molecular weight is 318 g/mol. The Morgan fingerprint density at radius 1 is 1.09 bits per heavy atom. The van der Waals surface area contributed by atoms with Gasteiger partial charge < -0.3 is 10.2 Å². The van der Waals surface area contributed by atoms with Crippen LogP contribution in [0.2, 0.25) is 5.02 Å². The normalized spacial score (nSPS) is 11.9. The van der Waals surface area contributed by atoms with Gasteiger partial charge >= 0.3 is 0 Å². The Morgan fingerprint density at radius 3 is 2.50 bits per heavy atom. The highest BCUT2D eigenvalue weighted by Crippen LogP contribution is 2.13. The second-order valence-electron chi connectivity index (χ2n) is 5.49. The van der Waals surface area contributed by atoms with Crippen LogP contribution in [0.25, 0.3) is 0 Å². The minimum Gasteiger partial charge on any atom is -0.351 e. The summed E-state index contributed by atoms with van der Waals surface area (Å²) in [6.07, 6.45) is 0.857. The van der Waals surface area contributed by atoms with Crippen LogP contribution in [0.1, 0.15) is 11.1 Å². The van der Waals surface area contributed by atoms with Gasteiger partial charge in [-0.3, -0.25) is 4.79 Å². The first-order chi connectivity index (χ1) is 10.6. The smallest absolute Gasteiger partial charge is 0.275 e. The Hall–Kier alpha value is -1.84.